The third kappa shape index (κ3) is 6.49. The van der Waals surface area contributed by atoms with Crippen LogP contribution in [0.5, 0.6) is 5.75 Å². The number of amides is 2. The van der Waals surface area contributed by atoms with Crippen LogP contribution in [0.3, 0.4) is 0 Å². The number of esters is 1. The first-order valence-corrected chi connectivity index (χ1v) is 11.6. The molecule has 1 aliphatic rings. The zero-order valence-electron chi connectivity index (χ0n) is 20.2. The van der Waals surface area contributed by atoms with Crippen LogP contribution in [0.15, 0.2) is 59.8 Å². The van der Waals surface area contributed by atoms with Crippen LogP contribution in [0, 0.1) is 0 Å². The fraction of sp³-hybridized carbons (Fsp3) is 0.320. The number of hydrogen-bond donors (Lipinski definition) is 3. The van der Waals surface area contributed by atoms with Gasteiger partial charge < -0.3 is 35.1 Å². The molecule has 9 nitrogen and oxygen atoms in total. The van der Waals surface area contributed by atoms with Crippen molar-refractivity contribution >= 4 is 40.7 Å². The lowest BCUT2D eigenvalue weighted by Gasteiger charge is -2.35. The number of anilines is 2. The fourth-order valence-electron chi connectivity index (χ4n) is 3.58. The number of hydrogen-bond acceptors (Lipinski definition) is 6. The van der Waals surface area contributed by atoms with Crippen LogP contribution in [-0.4, -0.2) is 56.0 Å². The minimum atomic E-state index is -0.544. The molecule has 0 aliphatic carbocycles. The Hall–Kier alpha value is -3.63. The van der Waals surface area contributed by atoms with E-state index >= 15 is 0 Å². The van der Waals surface area contributed by atoms with Crippen LogP contribution >= 0.6 is 12.2 Å². The predicted octanol–water partition coefficient (Wildman–Crippen LogP) is 4.05. The standard InChI is InChI=1S/C25H30N4O5S/c1-5-33-20-12-7-6-11-19(20)27-24(31)26-18-10-8-9-17(15-18)22-21(23(30)34-14-13-32-4)16(2)29(3)25(35)28-22/h6-12,15,22H,5,13-14H2,1-4H3,(H,28,35)(H2,26,27,31). The molecular weight excluding hydrogens is 468 g/mol. The van der Waals surface area contributed by atoms with Crippen molar-refractivity contribution in [2.75, 3.05) is 44.6 Å². The van der Waals surface area contributed by atoms with Crippen molar-refractivity contribution in [3.8, 4) is 5.75 Å². The summed E-state index contributed by atoms with van der Waals surface area (Å²) in [6.45, 7) is 4.61. The van der Waals surface area contributed by atoms with Gasteiger partial charge in [-0.1, -0.05) is 24.3 Å². The van der Waals surface area contributed by atoms with Gasteiger partial charge in [-0.2, -0.15) is 0 Å². The highest BCUT2D eigenvalue weighted by molar-refractivity contribution is 7.80. The number of allylic oxidation sites excluding steroid dienone is 1. The summed E-state index contributed by atoms with van der Waals surface area (Å²) in [5.74, 6) is 0.121. The maximum absolute atomic E-state index is 12.9. The Kier molecular flexibility index (Phi) is 9.04. The quantitative estimate of drug-likeness (QED) is 0.270. The van der Waals surface area contributed by atoms with E-state index in [0.29, 0.717) is 46.7 Å². The Morgan fingerprint density at radius 1 is 1.11 bits per heavy atom. The fourth-order valence-corrected chi connectivity index (χ4v) is 3.83. The van der Waals surface area contributed by atoms with Crippen molar-refractivity contribution < 1.29 is 23.8 Å². The Morgan fingerprint density at radius 3 is 2.63 bits per heavy atom. The lowest BCUT2D eigenvalue weighted by atomic mass is 9.95. The maximum atomic E-state index is 12.9. The minimum absolute atomic E-state index is 0.137. The second-order valence-electron chi connectivity index (χ2n) is 7.70. The molecule has 1 aliphatic heterocycles. The number of benzene rings is 2. The number of carbonyl (C=O) groups excluding carboxylic acids is 2. The third-order valence-corrected chi connectivity index (χ3v) is 5.80. The van der Waals surface area contributed by atoms with Gasteiger partial charge in [-0.15, -0.1) is 0 Å². The van der Waals surface area contributed by atoms with E-state index in [4.69, 9.17) is 26.4 Å². The summed E-state index contributed by atoms with van der Waals surface area (Å²) in [7, 11) is 3.32. The first-order valence-electron chi connectivity index (χ1n) is 11.2. The number of urea groups is 1. The normalized spacial score (nSPS) is 15.4. The molecule has 0 aromatic heterocycles. The maximum Gasteiger partial charge on any atom is 0.338 e. The lowest BCUT2D eigenvalue weighted by Crippen LogP contribution is -2.46. The highest BCUT2D eigenvalue weighted by atomic mass is 32.1. The van der Waals surface area contributed by atoms with Gasteiger partial charge in [0.25, 0.3) is 0 Å². The van der Waals surface area contributed by atoms with Crippen LogP contribution in [0.2, 0.25) is 0 Å². The molecule has 1 unspecified atom stereocenters. The van der Waals surface area contributed by atoms with Crippen LogP contribution in [0.1, 0.15) is 25.5 Å². The molecule has 0 bridgehead atoms. The first kappa shape index (κ1) is 26.0. The molecule has 0 saturated carbocycles. The molecule has 35 heavy (non-hydrogen) atoms. The molecule has 1 heterocycles. The second-order valence-corrected chi connectivity index (χ2v) is 8.09. The molecule has 0 radical (unpaired) electrons. The number of methoxy groups -OCH3 is 1. The molecule has 2 aromatic rings. The van der Waals surface area contributed by atoms with Gasteiger partial charge in [-0.05, 0) is 55.9 Å². The SMILES string of the molecule is CCOc1ccccc1NC(=O)Nc1cccc(C2NC(=S)N(C)C(C)=C2C(=O)OCCOC)c1. The number of nitrogens with zero attached hydrogens (tertiary/aromatic N) is 1. The third-order valence-electron chi connectivity index (χ3n) is 5.41. The number of carbonyl (C=O) groups is 2. The van der Waals surface area contributed by atoms with Gasteiger partial charge in [-0.3, -0.25) is 0 Å². The number of thiocarbonyl (C=S) groups is 1. The van der Waals surface area contributed by atoms with Crippen molar-refractivity contribution in [1.82, 2.24) is 10.2 Å². The average Bonchev–Trinajstić information content (AvgIpc) is 2.84. The lowest BCUT2D eigenvalue weighted by molar-refractivity contribution is -0.140. The van der Waals surface area contributed by atoms with Crippen molar-refractivity contribution in [3.05, 3.63) is 65.4 Å². The van der Waals surface area contributed by atoms with E-state index in [1.54, 1.807) is 49.4 Å². The molecule has 10 heteroatoms. The van der Waals surface area contributed by atoms with Crippen molar-refractivity contribution in [2.45, 2.75) is 19.9 Å². The van der Waals surface area contributed by atoms with Gasteiger partial charge in [0.05, 0.1) is 30.5 Å². The van der Waals surface area contributed by atoms with Crippen LogP contribution < -0.4 is 20.7 Å². The molecule has 0 spiro atoms. The van der Waals surface area contributed by atoms with Crippen molar-refractivity contribution in [1.29, 1.82) is 0 Å². The summed E-state index contributed by atoms with van der Waals surface area (Å²) >= 11 is 5.45. The van der Waals surface area contributed by atoms with E-state index in [-0.39, 0.29) is 6.61 Å². The Bertz CT molecular complexity index is 1120. The Balaban J connectivity index is 1.81. The number of para-hydroxylation sites is 2. The molecule has 2 aromatic carbocycles. The van der Waals surface area contributed by atoms with E-state index in [0.717, 1.165) is 5.56 Å². The van der Waals surface area contributed by atoms with Gasteiger partial charge >= 0.3 is 12.0 Å². The summed E-state index contributed by atoms with van der Waals surface area (Å²) in [5, 5.41) is 9.31. The van der Waals surface area contributed by atoms with E-state index in [9.17, 15) is 9.59 Å². The summed E-state index contributed by atoms with van der Waals surface area (Å²) < 4.78 is 15.9. The van der Waals surface area contributed by atoms with Gasteiger partial charge in [0.2, 0.25) is 0 Å². The van der Waals surface area contributed by atoms with Gasteiger partial charge in [0.15, 0.2) is 5.11 Å². The zero-order chi connectivity index (χ0) is 25.4. The zero-order valence-corrected chi connectivity index (χ0v) is 21.0. The average molecular weight is 499 g/mol. The first-order chi connectivity index (χ1) is 16.8. The van der Waals surface area contributed by atoms with Gasteiger partial charge in [0.1, 0.15) is 12.4 Å². The van der Waals surface area contributed by atoms with E-state index < -0.39 is 18.0 Å². The molecule has 2 amide bonds. The van der Waals surface area contributed by atoms with E-state index in [2.05, 4.69) is 16.0 Å². The van der Waals surface area contributed by atoms with Crippen LogP contribution in [-0.2, 0) is 14.3 Å². The monoisotopic (exact) mass is 498 g/mol. The summed E-state index contributed by atoms with van der Waals surface area (Å²) in [4.78, 5) is 27.3. The molecular formula is C25H30N4O5S. The van der Waals surface area contributed by atoms with Crippen molar-refractivity contribution in [2.24, 2.45) is 0 Å². The molecule has 3 N–H and O–H groups in total. The van der Waals surface area contributed by atoms with Crippen molar-refractivity contribution in [3.63, 3.8) is 0 Å². The van der Waals surface area contributed by atoms with E-state index in [1.807, 2.05) is 32.0 Å². The molecule has 3 rings (SSSR count). The largest absolute Gasteiger partial charge is 0.492 e. The predicted molar refractivity (Wildman–Crippen MR) is 138 cm³/mol. The number of rotatable bonds is 9. The summed E-state index contributed by atoms with van der Waals surface area (Å²) in [6.07, 6.45) is 0. The minimum Gasteiger partial charge on any atom is -0.492 e. The second kappa shape index (κ2) is 12.2. The molecule has 186 valence electrons. The van der Waals surface area contributed by atoms with Gasteiger partial charge in [-0.25, -0.2) is 9.59 Å². The number of ether oxygens (including phenoxy) is 3. The summed E-state index contributed by atoms with van der Waals surface area (Å²) in [6, 6.07) is 13.4. The summed E-state index contributed by atoms with van der Waals surface area (Å²) in [5.41, 5.74) is 2.97. The smallest absolute Gasteiger partial charge is 0.338 e. The van der Waals surface area contributed by atoms with E-state index in [1.165, 1.54) is 0 Å². The number of nitrogens with one attached hydrogen (secondary N) is 3. The Labute approximate surface area is 210 Å². The topological polar surface area (TPSA) is 101 Å². The highest BCUT2D eigenvalue weighted by Gasteiger charge is 2.33. The Morgan fingerprint density at radius 2 is 1.89 bits per heavy atom. The highest BCUT2D eigenvalue weighted by Crippen LogP contribution is 2.32. The molecule has 0 fully saturated rings. The van der Waals surface area contributed by atoms with Crippen LogP contribution in [0.4, 0.5) is 16.2 Å². The van der Waals surface area contributed by atoms with Gasteiger partial charge in [0, 0.05) is 25.5 Å². The van der Waals surface area contributed by atoms with Crippen LogP contribution in [0.25, 0.3) is 0 Å². The molecule has 0 saturated heterocycles. The molecule has 1 atom stereocenters.